The molecule has 0 saturated carbocycles. The highest BCUT2D eigenvalue weighted by Crippen LogP contribution is 2.36. The van der Waals surface area contributed by atoms with Gasteiger partial charge in [0.1, 0.15) is 0 Å². The maximum Gasteiger partial charge on any atom is 0.0966 e. The van der Waals surface area contributed by atoms with Crippen LogP contribution in [0.4, 0.5) is 0 Å². The summed E-state index contributed by atoms with van der Waals surface area (Å²) in [6.07, 6.45) is 2.02. The summed E-state index contributed by atoms with van der Waals surface area (Å²) in [6.45, 7) is 22.3. The SMILES string of the molecule is CCSCc1nc(C(C)(C)C(C)SCc2nn(C(C)C)nc2CSC(C)C)cnc1CSC(C)C. The molecule has 0 aliphatic carbocycles. The van der Waals surface area contributed by atoms with E-state index in [1.165, 1.54) is 0 Å². The molecule has 35 heavy (non-hydrogen) atoms. The predicted molar refractivity (Wildman–Crippen MR) is 161 cm³/mol. The van der Waals surface area contributed by atoms with E-state index in [1.54, 1.807) is 0 Å². The highest BCUT2D eigenvalue weighted by molar-refractivity contribution is 7.99. The number of hydrogen-bond donors (Lipinski definition) is 0. The van der Waals surface area contributed by atoms with Gasteiger partial charge >= 0.3 is 0 Å². The van der Waals surface area contributed by atoms with Crippen molar-refractivity contribution in [1.29, 1.82) is 0 Å². The van der Waals surface area contributed by atoms with E-state index in [0.717, 1.165) is 57.2 Å². The molecule has 1 unspecified atom stereocenters. The lowest BCUT2D eigenvalue weighted by Gasteiger charge is -2.31. The second-order valence-corrected chi connectivity index (χ2v) is 15.9. The Balaban J connectivity index is 2.19. The molecule has 0 amide bonds. The fourth-order valence-corrected chi connectivity index (χ4v) is 6.40. The van der Waals surface area contributed by atoms with E-state index in [9.17, 15) is 0 Å². The van der Waals surface area contributed by atoms with Crippen LogP contribution in [0.2, 0.25) is 0 Å². The number of aromatic nitrogens is 5. The Labute approximate surface area is 231 Å². The van der Waals surface area contributed by atoms with Gasteiger partial charge in [0, 0.05) is 39.9 Å². The van der Waals surface area contributed by atoms with Crippen molar-refractivity contribution >= 4 is 47.0 Å². The molecule has 0 radical (unpaired) electrons. The lowest BCUT2D eigenvalue weighted by atomic mass is 9.86. The van der Waals surface area contributed by atoms with Crippen molar-refractivity contribution in [3.63, 3.8) is 0 Å². The first-order chi connectivity index (χ1) is 16.4. The third-order valence-electron chi connectivity index (χ3n) is 5.87. The van der Waals surface area contributed by atoms with Gasteiger partial charge in [0.15, 0.2) is 0 Å². The minimum atomic E-state index is -0.103. The van der Waals surface area contributed by atoms with Crippen LogP contribution >= 0.6 is 47.0 Å². The van der Waals surface area contributed by atoms with Crippen molar-refractivity contribution in [1.82, 2.24) is 25.0 Å². The van der Waals surface area contributed by atoms with Gasteiger partial charge in [0.25, 0.3) is 0 Å². The van der Waals surface area contributed by atoms with E-state index in [1.807, 2.05) is 58.0 Å². The molecule has 2 rings (SSSR count). The summed E-state index contributed by atoms with van der Waals surface area (Å²) in [5, 5.41) is 11.2. The van der Waals surface area contributed by atoms with Crippen molar-refractivity contribution in [2.45, 2.75) is 119 Å². The van der Waals surface area contributed by atoms with Gasteiger partial charge in [0.2, 0.25) is 0 Å². The van der Waals surface area contributed by atoms with Gasteiger partial charge in [-0.2, -0.15) is 62.0 Å². The highest BCUT2D eigenvalue weighted by Gasteiger charge is 2.31. The fourth-order valence-electron chi connectivity index (χ4n) is 3.15. The molecule has 5 nitrogen and oxygen atoms in total. The zero-order valence-corrected chi connectivity index (χ0v) is 26.6. The Morgan fingerprint density at radius 1 is 0.771 bits per heavy atom. The minimum absolute atomic E-state index is 0.103. The Kier molecular flexibility index (Phi) is 12.8. The molecule has 9 heteroatoms. The van der Waals surface area contributed by atoms with Crippen LogP contribution in [0, 0.1) is 0 Å². The lowest BCUT2D eigenvalue weighted by Crippen LogP contribution is -2.31. The third-order valence-corrected chi connectivity index (χ3v) is 10.5. The van der Waals surface area contributed by atoms with E-state index in [2.05, 4.69) is 69.2 Å². The molecular weight excluding hydrogens is 511 g/mol. The van der Waals surface area contributed by atoms with E-state index in [0.29, 0.717) is 15.7 Å². The zero-order chi connectivity index (χ0) is 26.2. The summed E-state index contributed by atoms with van der Waals surface area (Å²) in [5.74, 6) is 4.72. The Morgan fingerprint density at radius 3 is 1.83 bits per heavy atom. The topological polar surface area (TPSA) is 56.5 Å². The van der Waals surface area contributed by atoms with Gasteiger partial charge in [-0.15, -0.1) is 0 Å². The predicted octanol–water partition coefficient (Wildman–Crippen LogP) is 7.78. The average molecular weight is 556 g/mol. The lowest BCUT2D eigenvalue weighted by molar-refractivity contribution is 0.462. The second-order valence-electron chi connectivity index (χ2n) is 10.2. The third kappa shape index (κ3) is 9.46. The number of rotatable bonds is 15. The molecule has 2 aromatic rings. The molecule has 198 valence electrons. The minimum Gasteiger partial charge on any atom is -0.257 e. The van der Waals surface area contributed by atoms with Gasteiger partial charge in [-0.1, -0.05) is 55.4 Å². The van der Waals surface area contributed by atoms with E-state index >= 15 is 0 Å². The van der Waals surface area contributed by atoms with Gasteiger partial charge in [-0.3, -0.25) is 9.97 Å². The molecule has 2 aromatic heterocycles. The standard InChI is InChI=1S/C26H45N5S4/c1-11-32-13-22-21(14-33-18(4)5)27-12-25(28-22)26(9,10)20(8)35-16-24-23(15-34-19(6)7)29-31(30-24)17(2)3/h12,17-20H,11,13-16H2,1-10H3. The number of hydrogen-bond acceptors (Lipinski definition) is 8. The van der Waals surface area contributed by atoms with Crippen LogP contribution in [0.5, 0.6) is 0 Å². The van der Waals surface area contributed by atoms with Crippen molar-refractivity contribution in [2.75, 3.05) is 5.75 Å². The molecule has 0 spiro atoms. The number of thioether (sulfide) groups is 4. The molecule has 0 aliphatic rings. The van der Waals surface area contributed by atoms with Gasteiger partial charge in [-0.05, 0) is 30.1 Å². The van der Waals surface area contributed by atoms with E-state index in [4.69, 9.17) is 20.2 Å². The molecule has 0 saturated heterocycles. The van der Waals surface area contributed by atoms with Crippen LogP contribution in [0.1, 0.15) is 104 Å². The Morgan fingerprint density at radius 2 is 1.31 bits per heavy atom. The molecule has 1 atom stereocenters. The maximum atomic E-state index is 5.18. The molecular formula is C26H45N5S4. The van der Waals surface area contributed by atoms with Crippen LogP contribution in [-0.2, 0) is 28.4 Å². The van der Waals surface area contributed by atoms with Gasteiger partial charge < -0.3 is 0 Å². The first kappa shape index (κ1) is 30.8. The summed E-state index contributed by atoms with van der Waals surface area (Å²) < 4.78 is 0. The summed E-state index contributed by atoms with van der Waals surface area (Å²) in [7, 11) is 0. The molecule has 0 aliphatic heterocycles. The van der Waals surface area contributed by atoms with Crippen LogP contribution in [0.3, 0.4) is 0 Å². The molecule has 0 aromatic carbocycles. The summed E-state index contributed by atoms with van der Waals surface area (Å²) in [4.78, 5) is 12.0. The van der Waals surface area contributed by atoms with Crippen LogP contribution in [0.25, 0.3) is 0 Å². The largest absolute Gasteiger partial charge is 0.257 e. The zero-order valence-electron chi connectivity index (χ0n) is 23.3. The van der Waals surface area contributed by atoms with E-state index in [-0.39, 0.29) is 11.5 Å². The summed E-state index contributed by atoms with van der Waals surface area (Å²) >= 11 is 7.73. The summed E-state index contributed by atoms with van der Waals surface area (Å²) in [5.41, 5.74) is 5.52. The van der Waals surface area contributed by atoms with Crippen molar-refractivity contribution in [3.05, 3.63) is 34.7 Å². The molecule has 0 bridgehead atoms. The molecule has 0 N–H and O–H groups in total. The second kappa shape index (κ2) is 14.5. The van der Waals surface area contributed by atoms with Gasteiger partial charge in [-0.25, -0.2) is 0 Å². The average Bonchev–Trinajstić information content (AvgIpc) is 3.21. The highest BCUT2D eigenvalue weighted by atomic mass is 32.2. The maximum absolute atomic E-state index is 5.18. The van der Waals surface area contributed by atoms with Crippen molar-refractivity contribution < 1.29 is 0 Å². The van der Waals surface area contributed by atoms with E-state index < -0.39 is 0 Å². The quantitative estimate of drug-likeness (QED) is 0.221. The first-order valence-corrected chi connectivity index (χ1v) is 17.0. The Hall–Kier alpha value is -0.380. The van der Waals surface area contributed by atoms with Crippen LogP contribution in [-0.4, -0.2) is 46.5 Å². The van der Waals surface area contributed by atoms with Crippen molar-refractivity contribution in [2.24, 2.45) is 0 Å². The fraction of sp³-hybridized carbons (Fsp3) is 0.769. The van der Waals surface area contributed by atoms with Gasteiger partial charge in [0.05, 0.1) is 34.5 Å². The normalized spacial score (nSPS) is 13.4. The van der Waals surface area contributed by atoms with Crippen LogP contribution in [0.15, 0.2) is 6.20 Å². The summed E-state index contributed by atoms with van der Waals surface area (Å²) in [6, 6.07) is 0.271. The smallest absolute Gasteiger partial charge is 0.0966 e. The molecule has 2 heterocycles. The Bertz CT molecular complexity index is 911. The molecule has 0 fully saturated rings. The van der Waals surface area contributed by atoms with Crippen LogP contribution < -0.4 is 0 Å². The monoisotopic (exact) mass is 555 g/mol. The first-order valence-electron chi connectivity index (χ1n) is 12.7. The van der Waals surface area contributed by atoms with Crippen molar-refractivity contribution in [3.8, 4) is 0 Å². The number of nitrogens with zero attached hydrogens (tertiary/aromatic N) is 5.